The predicted octanol–water partition coefficient (Wildman–Crippen LogP) is 2.76. The summed E-state index contributed by atoms with van der Waals surface area (Å²) in [6, 6.07) is -0.661. The Morgan fingerprint density at radius 3 is 2.67 bits per heavy atom. The first-order valence-corrected chi connectivity index (χ1v) is 11.5. The summed E-state index contributed by atoms with van der Waals surface area (Å²) in [7, 11) is 1.49. The first kappa shape index (κ1) is 21.5. The molecule has 1 aliphatic heterocycles. The maximum atomic E-state index is 13.0. The Labute approximate surface area is 179 Å². The highest BCUT2D eigenvalue weighted by atomic mass is 16.5. The fourth-order valence-electron chi connectivity index (χ4n) is 7.26. The van der Waals surface area contributed by atoms with Gasteiger partial charge < -0.3 is 15.4 Å². The van der Waals surface area contributed by atoms with E-state index in [-0.39, 0.29) is 35.3 Å². The molecule has 0 bridgehead atoms. The molecule has 7 atom stereocenters. The molecule has 2 unspecified atom stereocenters. The van der Waals surface area contributed by atoms with Crippen molar-refractivity contribution in [2.75, 3.05) is 13.7 Å². The highest BCUT2D eigenvalue weighted by molar-refractivity contribution is 6.19. The molecule has 0 spiro atoms. The van der Waals surface area contributed by atoms with E-state index in [0.29, 0.717) is 17.3 Å². The van der Waals surface area contributed by atoms with Crippen LogP contribution in [-0.4, -0.2) is 43.4 Å². The summed E-state index contributed by atoms with van der Waals surface area (Å²) in [6.07, 6.45) is 10.5. The zero-order valence-electron chi connectivity index (χ0n) is 18.8. The van der Waals surface area contributed by atoms with E-state index in [9.17, 15) is 14.4 Å². The maximum Gasteiger partial charge on any atom is 0.257 e. The minimum Gasteiger partial charge on any atom is -0.382 e. The molecule has 3 aliphatic carbocycles. The largest absolute Gasteiger partial charge is 0.382 e. The minimum absolute atomic E-state index is 0.0798. The Balaban J connectivity index is 1.61. The van der Waals surface area contributed by atoms with Crippen molar-refractivity contribution in [2.24, 2.45) is 28.6 Å². The molecule has 30 heavy (non-hydrogen) atoms. The molecule has 166 valence electrons. The number of ether oxygens (including phenoxy) is 1. The Hall–Kier alpha value is -1.69. The monoisotopic (exact) mass is 416 g/mol. The van der Waals surface area contributed by atoms with Gasteiger partial charge in [0, 0.05) is 18.6 Å². The van der Waals surface area contributed by atoms with E-state index in [1.807, 2.05) is 6.08 Å². The number of hydrogen-bond donors (Lipinski definition) is 2. The van der Waals surface area contributed by atoms with Gasteiger partial charge in [-0.25, -0.2) is 0 Å². The molecular formula is C24H36N2O4. The Kier molecular flexibility index (Phi) is 5.58. The van der Waals surface area contributed by atoms with Crippen LogP contribution in [0, 0.1) is 28.6 Å². The number of fused-ring (bicyclic) bond motifs is 5. The zero-order valence-corrected chi connectivity index (χ0v) is 18.8. The summed E-state index contributed by atoms with van der Waals surface area (Å²) in [4.78, 5) is 37.6. The van der Waals surface area contributed by atoms with Gasteiger partial charge in [0.25, 0.3) is 11.8 Å². The molecular weight excluding hydrogens is 380 g/mol. The highest BCUT2D eigenvalue weighted by Gasteiger charge is 2.58. The quantitative estimate of drug-likeness (QED) is 0.675. The Bertz CT molecular complexity index is 777. The van der Waals surface area contributed by atoms with Crippen LogP contribution in [0.1, 0.15) is 65.7 Å². The molecule has 0 aromatic heterocycles. The molecule has 0 aromatic carbocycles. The number of Topliss-reactive ketones (excluding diaryl/α,β-unsaturated/α-hetero) is 1. The third-order valence-corrected chi connectivity index (χ3v) is 8.94. The van der Waals surface area contributed by atoms with E-state index in [2.05, 4.69) is 24.5 Å². The summed E-state index contributed by atoms with van der Waals surface area (Å²) < 4.78 is 5.05. The van der Waals surface area contributed by atoms with Gasteiger partial charge in [0.05, 0.1) is 6.61 Å². The van der Waals surface area contributed by atoms with Crippen molar-refractivity contribution in [1.82, 2.24) is 10.6 Å². The molecule has 4 aliphatic rings. The molecule has 0 aromatic rings. The van der Waals surface area contributed by atoms with Crippen LogP contribution < -0.4 is 10.6 Å². The lowest BCUT2D eigenvalue weighted by Gasteiger charge is -2.58. The average Bonchev–Trinajstić information content (AvgIpc) is 3.09. The minimum atomic E-state index is -0.741. The molecule has 3 saturated carbocycles. The summed E-state index contributed by atoms with van der Waals surface area (Å²) in [6.45, 7) is 6.23. The van der Waals surface area contributed by atoms with E-state index in [4.69, 9.17) is 4.74 Å². The second kappa shape index (κ2) is 7.77. The van der Waals surface area contributed by atoms with Gasteiger partial charge in [-0.05, 0) is 68.6 Å². The Morgan fingerprint density at radius 1 is 1.20 bits per heavy atom. The van der Waals surface area contributed by atoms with Gasteiger partial charge in [-0.15, -0.1) is 0 Å². The second-order valence-electron chi connectivity index (χ2n) is 10.6. The molecule has 3 fully saturated rings. The summed E-state index contributed by atoms with van der Waals surface area (Å²) in [5, 5.41) is 5.85. The van der Waals surface area contributed by atoms with Gasteiger partial charge in [-0.1, -0.05) is 26.3 Å². The number of hydrogen-bond acceptors (Lipinski definition) is 4. The lowest BCUT2D eigenvalue weighted by molar-refractivity contribution is -0.130. The number of amides is 2. The lowest BCUT2D eigenvalue weighted by Crippen LogP contribution is -2.61. The van der Waals surface area contributed by atoms with E-state index in [1.54, 1.807) is 0 Å². The standard InChI is InChI=1S/C24H36N2O4/c1-14(27)19(13-30-4)25-21(28)16-12-24(3)18-9-11-23(2)10-5-6-17(23)15(18)7-8-20(24)26-22(16)29/h12,15,17-20H,5-11,13H2,1-4H3,(H,25,28)(H,26,29)/t15-,17-,18+,19?,20?,23-,24+/m0/s1. The number of rotatable bonds is 5. The van der Waals surface area contributed by atoms with Gasteiger partial charge in [-0.2, -0.15) is 0 Å². The molecule has 0 radical (unpaired) electrons. The molecule has 1 heterocycles. The van der Waals surface area contributed by atoms with Crippen molar-refractivity contribution in [3.63, 3.8) is 0 Å². The highest BCUT2D eigenvalue weighted by Crippen LogP contribution is 2.63. The van der Waals surface area contributed by atoms with Gasteiger partial charge in [0.2, 0.25) is 0 Å². The van der Waals surface area contributed by atoms with Crippen molar-refractivity contribution in [3.05, 3.63) is 11.6 Å². The van der Waals surface area contributed by atoms with Crippen molar-refractivity contribution in [3.8, 4) is 0 Å². The first-order valence-electron chi connectivity index (χ1n) is 11.5. The molecule has 4 rings (SSSR count). The van der Waals surface area contributed by atoms with Crippen molar-refractivity contribution in [1.29, 1.82) is 0 Å². The topological polar surface area (TPSA) is 84.5 Å². The zero-order chi connectivity index (χ0) is 21.7. The van der Waals surface area contributed by atoms with Crippen LogP contribution in [0.3, 0.4) is 0 Å². The summed E-state index contributed by atoms with van der Waals surface area (Å²) >= 11 is 0. The molecule has 2 N–H and O–H groups in total. The SMILES string of the molecule is COCC(NC(=O)C1=C[C@@]2(C)C(CC[C@@H]3[C@H]2CC[C@]2(C)CCC[C@@H]32)NC1=O)C(C)=O. The third kappa shape index (κ3) is 3.41. The molecule has 6 nitrogen and oxygen atoms in total. The predicted molar refractivity (Wildman–Crippen MR) is 114 cm³/mol. The molecule has 2 amide bonds. The van der Waals surface area contributed by atoms with Gasteiger partial charge in [-0.3, -0.25) is 14.4 Å². The number of carbonyl (C=O) groups is 3. The van der Waals surface area contributed by atoms with E-state index in [0.717, 1.165) is 18.8 Å². The molecule has 6 heteroatoms. The van der Waals surface area contributed by atoms with Crippen molar-refractivity contribution in [2.45, 2.75) is 77.8 Å². The van der Waals surface area contributed by atoms with E-state index in [1.165, 1.54) is 46.1 Å². The average molecular weight is 417 g/mol. The van der Waals surface area contributed by atoms with E-state index >= 15 is 0 Å². The number of carbonyl (C=O) groups excluding carboxylic acids is 3. The van der Waals surface area contributed by atoms with Gasteiger partial charge >= 0.3 is 0 Å². The molecule has 0 saturated heterocycles. The van der Waals surface area contributed by atoms with Crippen LogP contribution in [0.15, 0.2) is 11.6 Å². The maximum absolute atomic E-state index is 13.0. The van der Waals surface area contributed by atoms with Crippen molar-refractivity contribution < 1.29 is 19.1 Å². The number of nitrogens with one attached hydrogen (secondary N) is 2. The van der Waals surface area contributed by atoms with Crippen LogP contribution in [0.2, 0.25) is 0 Å². The van der Waals surface area contributed by atoms with Gasteiger partial charge in [0.15, 0.2) is 5.78 Å². The Morgan fingerprint density at radius 2 is 1.97 bits per heavy atom. The third-order valence-electron chi connectivity index (χ3n) is 8.94. The summed E-state index contributed by atoms with van der Waals surface area (Å²) in [5.74, 6) is 0.931. The van der Waals surface area contributed by atoms with Crippen molar-refractivity contribution >= 4 is 17.6 Å². The smallest absolute Gasteiger partial charge is 0.257 e. The van der Waals surface area contributed by atoms with Crippen LogP contribution in [0.4, 0.5) is 0 Å². The van der Waals surface area contributed by atoms with Crippen LogP contribution in [-0.2, 0) is 19.1 Å². The lowest BCUT2D eigenvalue weighted by atomic mass is 9.48. The van der Waals surface area contributed by atoms with E-state index < -0.39 is 11.9 Å². The number of ketones is 1. The van der Waals surface area contributed by atoms with Crippen LogP contribution in [0.5, 0.6) is 0 Å². The second-order valence-corrected chi connectivity index (χ2v) is 10.6. The number of methoxy groups -OCH3 is 1. The van der Waals surface area contributed by atoms with Crippen LogP contribution in [0.25, 0.3) is 0 Å². The fraction of sp³-hybridized carbons (Fsp3) is 0.792. The van der Waals surface area contributed by atoms with Gasteiger partial charge in [0.1, 0.15) is 11.6 Å². The summed E-state index contributed by atoms with van der Waals surface area (Å²) in [5.41, 5.74) is 0.401. The fourth-order valence-corrected chi connectivity index (χ4v) is 7.26. The van der Waals surface area contributed by atoms with Crippen LogP contribution >= 0.6 is 0 Å². The normalized spacial score (nSPS) is 40.9. The first-order chi connectivity index (χ1) is 14.2.